The molecule has 0 unspecified atom stereocenters. The van der Waals surface area contributed by atoms with E-state index < -0.39 is 5.63 Å². The van der Waals surface area contributed by atoms with Crippen LogP contribution in [0.4, 0.5) is 5.69 Å². The zero-order chi connectivity index (χ0) is 16.6. The van der Waals surface area contributed by atoms with E-state index in [1.165, 1.54) is 6.07 Å². The molecule has 1 heterocycles. The molecule has 1 radical (unpaired) electrons. The molecule has 0 spiro atoms. The number of hydrogen-bond acceptors (Lipinski definition) is 4. The van der Waals surface area contributed by atoms with Crippen LogP contribution in [-0.4, -0.2) is 16.3 Å². The van der Waals surface area contributed by atoms with Crippen molar-refractivity contribution < 1.29 is 32.1 Å². The van der Waals surface area contributed by atoms with Crippen LogP contribution in [-0.2, 0) is 29.7 Å². The van der Waals surface area contributed by atoms with Crippen LogP contribution >= 0.6 is 0 Å². The Labute approximate surface area is 160 Å². The van der Waals surface area contributed by atoms with Crippen molar-refractivity contribution in [2.75, 3.05) is 0 Å². The Hall–Kier alpha value is -2.05. The van der Waals surface area contributed by atoms with Crippen molar-refractivity contribution in [3.8, 4) is 5.75 Å². The maximum Gasteiger partial charge on any atom is 2.00 e. The van der Waals surface area contributed by atoms with Crippen molar-refractivity contribution in [3.63, 3.8) is 0 Å². The van der Waals surface area contributed by atoms with Gasteiger partial charge in [0.2, 0.25) is 0 Å². The van der Waals surface area contributed by atoms with Crippen LogP contribution in [0.1, 0.15) is 18.1 Å². The smallest absolute Gasteiger partial charge is 0.870 e. The minimum Gasteiger partial charge on any atom is -0.870 e. The molecule has 133 valence electrons. The molecule has 2 aromatic carbocycles. The van der Waals surface area contributed by atoms with Crippen LogP contribution < -0.4 is 5.63 Å². The summed E-state index contributed by atoms with van der Waals surface area (Å²) in [5.41, 5.74) is 2.74. The van der Waals surface area contributed by atoms with Gasteiger partial charge in [0.05, 0.1) is 5.71 Å². The zero-order valence-corrected chi connectivity index (χ0v) is 15.5. The minimum atomic E-state index is -0.421. The van der Waals surface area contributed by atoms with Crippen LogP contribution in [0.5, 0.6) is 5.75 Å². The largest absolute Gasteiger partial charge is 2.00 e. The predicted octanol–water partition coefficient (Wildman–Crippen LogP) is 2.87. The predicted molar refractivity (Wildman–Crippen MR) is 99.0 cm³/mol. The van der Waals surface area contributed by atoms with Crippen LogP contribution in [0.15, 0.2) is 61.6 Å². The van der Waals surface area contributed by atoms with Crippen molar-refractivity contribution in [2.45, 2.75) is 18.7 Å². The third kappa shape index (κ3) is 4.14. The van der Waals surface area contributed by atoms with Crippen molar-refractivity contribution in [3.05, 3.63) is 64.0 Å². The van der Waals surface area contributed by atoms with E-state index in [0.717, 1.165) is 21.5 Å². The number of benzene rings is 2. The van der Waals surface area contributed by atoms with Gasteiger partial charge in [-0.1, -0.05) is 12.1 Å². The first-order valence-corrected chi connectivity index (χ1v) is 7.62. The number of hydrogen-bond donors (Lipinski definition) is 0. The van der Waals surface area contributed by atoms with Gasteiger partial charge in [0.15, 0.2) is 10.5 Å². The third-order valence-corrected chi connectivity index (χ3v) is 4.10. The van der Waals surface area contributed by atoms with E-state index in [0.29, 0.717) is 16.9 Å². The van der Waals surface area contributed by atoms with Gasteiger partial charge in [-0.15, -0.1) is 0 Å². The number of nitrogens with zero attached hydrogens (tertiary/aromatic N) is 1. The molecule has 0 aliphatic carbocycles. The summed E-state index contributed by atoms with van der Waals surface area (Å²) < 4.78 is 5.37. The molecular formula is C18H18CuNO4S+3. The summed E-state index contributed by atoms with van der Waals surface area (Å²) in [5.74, 6) is 0.277. The summed E-state index contributed by atoms with van der Waals surface area (Å²) in [6, 6.07) is 12.5. The van der Waals surface area contributed by atoms with E-state index in [1.807, 2.05) is 38.1 Å². The van der Waals surface area contributed by atoms with Crippen LogP contribution in [0.2, 0.25) is 0 Å². The first kappa shape index (κ1) is 21.0. The maximum absolute atomic E-state index is 11.7. The van der Waals surface area contributed by atoms with Gasteiger partial charge in [-0.05, 0) is 50.2 Å². The van der Waals surface area contributed by atoms with Crippen LogP contribution in [0.3, 0.4) is 0 Å². The Morgan fingerprint density at radius 2 is 1.88 bits per heavy atom. The Morgan fingerprint density at radius 3 is 2.56 bits per heavy atom. The Bertz CT molecular complexity index is 998. The second kappa shape index (κ2) is 8.36. The van der Waals surface area contributed by atoms with Gasteiger partial charge in [0.1, 0.15) is 11.3 Å². The second-order valence-corrected chi connectivity index (χ2v) is 5.87. The topological polar surface area (TPSA) is 95.5 Å². The molecule has 0 aliphatic heterocycles. The van der Waals surface area contributed by atoms with Gasteiger partial charge in [-0.3, -0.25) is 0 Å². The summed E-state index contributed by atoms with van der Waals surface area (Å²) in [5, 5.41) is 9.01. The zero-order valence-electron chi connectivity index (χ0n) is 13.6. The van der Waals surface area contributed by atoms with Gasteiger partial charge >= 0.3 is 22.7 Å². The summed E-state index contributed by atoms with van der Waals surface area (Å²) in [6.45, 7) is 3.67. The van der Waals surface area contributed by atoms with Crippen LogP contribution in [0.25, 0.3) is 11.0 Å². The summed E-state index contributed by atoms with van der Waals surface area (Å²) in [6.07, 6.45) is 0. The van der Waals surface area contributed by atoms with E-state index in [-0.39, 0.29) is 28.3 Å². The number of aliphatic imine (C=N–C) groups is 1. The SMILES string of the molecule is CC(=Nc1ccccc1[SH2+])c1c([OH2+])ccc2c(C)cc(=O)oc12.[Cu+2].[OH-]. The molecule has 1 aromatic heterocycles. The quantitative estimate of drug-likeness (QED) is 0.283. The van der Waals surface area contributed by atoms with E-state index in [1.54, 1.807) is 12.1 Å². The first-order valence-electron chi connectivity index (χ1n) is 7.12. The average Bonchev–Trinajstić information content (AvgIpc) is 2.48. The molecule has 0 atom stereocenters. The average molecular weight is 408 g/mol. The van der Waals surface area contributed by atoms with Gasteiger partial charge in [0.25, 0.3) is 5.75 Å². The summed E-state index contributed by atoms with van der Waals surface area (Å²) >= 11 is 3.52. The summed E-state index contributed by atoms with van der Waals surface area (Å²) in [4.78, 5) is 17.2. The molecular weight excluding hydrogens is 390 g/mol. The molecule has 0 fully saturated rings. The minimum absolute atomic E-state index is 0. The van der Waals surface area contributed by atoms with Crippen molar-refractivity contribution in [2.24, 2.45) is 4.99 Å². The number of para-hydroxylation sites is 1. The van der Waals surface area contributed by atoms with Gasteiger partial charge in [-0.2, -0.15) is 0 Å². The summed E-state index contributed by atoms with van der Waals surface area (Å²) in [7, 11) is 0. The van der Waals surface area contributed by atoms with Gasteiger partial charge in [0, 0.05) is 17.5 Å². The normalized spacial score (nSPS) is 10.9. The van der Waals surface area contributed by atoms with Gasteiger partial charge in [-0.25, -0.2) is 9.79 Å². The third-order valence-electron chi connectivity index (χ3n) is 3.67. The Morgan fingerprint density at radius 1 is 1.20 bits per heavy atom. The molecule has 0 saturated carbocycles. The van der Waals surface area contributed by atoms with E-state index in [2.05, 4.69) is 17.6 Å². The maximum atomic E-state index is 11.7. The Kier molecular flexibility index (Phi) is 7.02. The first-order chi connectivity index (χ1) is 11.0. The molecule has 7 heteroatoms. The van der Waals surface area contributed by atoms with Crippen molar-refractivity contribution in [1.82, 2.24) is 0 Å². The molecule has 3 rings (SSSR count). The van der Waals surface area contributed by atoms with E-state index in [9.17, 15) is 4.79 Å². The fourth-order valence-electron chi connectivity index (χ4n) is 2.55. The molecule has 5 nitrogen and oxygen atoms in total. The molecule has 3 N–H and O–H groups in total. The second-order valence-electron chi connectivity index (χ2n) is 5.33. The monoisotopic (exact) mass is 407 g/mol. The number of rotatable bonds is 2. The van der Waals surface area contributed by atoms with Gasteiger partial charge < -0.3 is 15.0 Å². The molecule has 0 amide bonds. The molecule has 0 bridgehead atoms. The molecule has 0 aliphatic rings. The number of fused-ring (bicyclic) bond motifs is 1. The fourth-order valence-corrected chi connectivity index (χ4v) is 2.79. The van der Waals surface area contributed by atoms with Crippen molar-refractivity contribution in [1.29, 1.82) is 0 Å². The van der Waals surface area contributed by atoms with E-state index >= 15 is 0 Å². The van der Waals surface area contributed by atoms with E-state index in [4.69, 9.17) is 9.52 Å². The van der Waals surface area contributed by atoms with Crippen molar-refractivity contribution >= 4 is 35.0 Å². The standard InChI is InChI=1S/C18H15NO3S.Cu.H2O/c1-10-9-16(21)22-18-12(10)7-8-14(20)17(18)11(2)19-13-5-3-4-6-15(13)23;;/h3-9,20,23H,1-2H3;;1H2/q;+2;/p+1. The van der Waals surface area contributed by atoms with Crippen LogP contribution in [0, 0.1) is 6.92 Å². The number of aryl methyl sites for hydroxylation is 1. The molecule has 0 saturated heterocycles. The Balaban J connectivity index is 0.00000156. The molecule has 3 aromatic rings. The fraction of sp³-hybridized carbons (Fsp3) is 0.111. The molecule has 25 heavy (non-hydrogen) atoms.